The van der Waals surface area contributed by atoms with Crippen LogP contribution in [0.15, 0.2) is 103 Å². The van der Waals surface area contributed by atoms with Crippen LogP contribution in [-0.2, 0) is 4.79 Å². The molecular weight excluding hydrogens is 527 g/mol. The quantitative estimate of drug-likeness (QED) is 0.242. The number of amides is 1. The molecule has 0 radical (unpaired) electrons. The monoisotopic (exact) mass is 548 g/mol. The van der Waals surface area contributed by atoms with E-state index >= 15 is 0 Å². The van der Waals surface area contributed by atoms with Gasteiger partial charge in [-0.25, -0.2) is 4.68 Å². The first-order valence-corrected chi connectivity index (χ1v) is 13.4. The Labute approximate surface area is 235 Å². The second-order valence-electron chi connectivity index (χ2n) is 9.64. The van der Waals surface area contributed by atoms with E-state index in [1.165, 1.54) is 0 Å². The molecule has 3 heterocycles. The van der Waals surface area contributed by atoms with Gasteiger partial charge in [-0.2, -0.15) is 5.10 Å². The predicted octanol–water partition coefficient (Wildman–Crippen LogP) is 8.10. The smallest absolute Gasteiger partial charge is 0.238 e. The first-order valence-electron chi connectivity index (χ1n) is 12.6. The molecule has 7 rings (SSSR count). The van der Waals surface area contributed by atoms with E-state index in [2.05, 4.69) is 4.98 Å². The van der Waals surface area contributed by atoms with Crippen molar-refractivity contribution in [2.45, 2.75) is 5.92 Å². The molecule has 0 saturated heterocycles. The van der Waals surface area contributed by atoms with Crippen molar-refractivity contribution in [2.24, 2.45) is 0 Å². The van der Waals surface area contributed by atoms with Crippen molar-refractivity contribution in [1.82, 2.24) is 14.8 Å². The molecule has 7 heteroatoms. The molecule has 4 aromatic carbocycles. The molecule has 1 aliphatic rings. The molecule has 39 heavy (non-hydrogen) atoms. The molecule has 0 saturated carbocycles. The molecule has 0 aliphatic carbocycles. The lowest BCUT2D eigenvalue weighted by molar-refractivity contribution is -0.118. The fraction of sp³-hybridized carbons (Fsp3) is 0.0625. The minimum absolute atomic E-state index is 0.0156. The summed E-state index contributed by atoms with van der Waals surface area (Å²) in [5.74, 6) is -0.494. The van der Waals surface area contributed by atoms with E-state index < -0.39 is 5.92 Å². The van der Waals surface area contributed by atoms with Crippen LogP contribution in [0, 0.1) is 0 Å². The number of fused-ring (bicyclic) bond motifs is 2. The summed E-state index contributed by atoms with van der Waals surface area (Å²) in [6, 6.07) is 33.3. The maximum absolute atomic E-state index is 14.0. The Hall–Kier alpha value is -4.32. The number of nitrogens with zero attached hydrogens (tertiary/aromatic N) is 3. The highest BCUT2D eigenvalue weighted by Crippen LogP contribution is 2.48. The first kappa shape index (κ1) is 23.8. The molecule has 1 atom stereocenters. The topological polar surface area (TPSA) is 53.9 Å². The Bertz CT molecular complexity index is 1860. The van der Waals surface area contributed by atoms with Gasteiger partial charge in [0.2, 0.25) is 5.91 Å². The van der Waals surface area contributed by atoms with Crippen molar-refractivity contribution in [3.8, 4) is 28.2 Å². The van der Waals surface area contributed by atoms with Crippen LogP contribution in [0.25, 0.3) is 39.2 Å². The zero-order chi connectivity index (χ0) is 26.7. The minimum atomic E-state index is -0.509. The van der Waals surface area contributed by atoms with Crippen LogP contribution in [0.4, 0.5) is 5.69 Å². The predicted molar refractivity (Wildman–Crippen MR) is 158 cm³/mol. The fourth-order valence-corrected chi connectivity index (χ4v) is 5.81. The third kappa shape index (κ3) is 3.77. The number of carbonyl (C=O) groups is 1. The number of aromatic amines is 1. The molecule has 1 N–H and O–H groups in total. The van der Waals surface area contributed by atoms with Gasteiger partial charge in [-0.15, -0.1) is 0 Å². The van der Waals surface area contributed by atoms with Crippen molar-refractivity contribution in [2.75, 3.05) is 11.9 Å². The number of likely N-dealkylation sites (N-methyl/N-ethyl adjacent to an activating group) is 1. The zero-order valence-corrected chi connectivity index (χ0v) is 22.4. The Balaban J connectivity index is 1.61. The van der Waals surface area contributed by atoms with E-state index in [0.717, 1.165) is 56.0 Å². The summed E-state index contributed by atoms with van der Waals surface area (Å²) >= 11 is 12.5. The third-order valence-electron chi connectivity index (χ3n) is 7.39. The molecule has 5 nitrogen and oxygen atoms in total. The molecule has 0 fully saturated rings. The van der Waals surface area contributed by atoms with Crippen LogP contribution in [-0.4, -0.2) is 27.7 Å². The molecule has 0 spiro atoms. The number of nitrogens with one attached hydrogen (secondary N) is 1. The maximum Gasteiger partial charge on any atom is 0.238 e. The normalized spacial score (nSPS) is 14.8. The van der Waals surface area contributed by atoms with Crippen LogP contribution >= 0.6 is 23.2 Å². The van der Waals surface area contributed by atoms with Crippen LogP contribution in [0.3, 0.4) is 0 Å². The van der Waals surface area contributed by atoms with E-state index in [1.54, 1.807) is 4.90 Å². The van der Waals surface area contributed by atoms with E-state index in [9.17, 15) is 4.79 Å². The van der Waals surface area contributed by atoms with Crippen LogP contribution in [0.5, 0.6) is 0 Å². The van der Waals surface area contributed by atoms with E-state index in [-0.39, 0.29) is 5.91 Å². The SMILES string of the molecule is CN1C(=O)C(c2c(-c3ccc(Cl)cc3)[nH]c3c2c(-c2ccc(Cl)cc2)nn3-c2ccccc2)c2ccccc21. The summed E-state index contributed by atoms with van der Waals surface area (Å²) in [4.78, 5) is 19.4. The average molecular weight is 549 g/mol. The number of benzene rings is 4. The van der Waals surface area contributed by atoms with Gasteiger partial charge >= 0.3 is 0 Å². The van der Waals surface area contributed by atoms with Gasteiger partial charge in [-0.1, -0.05) is 83.9 Å². The first-order chi connectivity index (χ1) is 19.0. The summed E-state index contributed by atoms with van der Waals surface area (Å²) in [5, 5.41) is 7.29. The minimum Gasteiger partial charge on any atom is -0.339 e. The number of hydrogen-bond donors (Lipinski definition) is 1. The van der Waals surface area contributed by atoms with E-state index in [1.807, 2.05) is 115 Å². The van der Waals surface area contributed by atoms with Gasteiger partial charge < -0.3 is 9.88 Å². The van der Waals surface area contributed by atoms with Crippen molar-refractivity contribution in [1.29, 1.82) is 0 Å². The molecule has 0 bridgehead atoms. The molecule has 6 aromatic rings. The summed E-state index contributed by atoms with van der Waals surface area (Å²) < 4.78 is 1.91. The lowest BCUT2D eigenvalue weighted by atomic mass is 9.88. The van der Waals surface area contributed by atoms with Gasteiger partial charge in [0.1, 0.15) is 11.3 Å². The number of halogens is 2. The largest absolute Gasteiger partial charge is 0.339 e. The molecular formula is C32H22Cl2N4O. The number of H-pyrrole nitrogens is 1. The highest BCUT2D eigenvalue weighted by molar-refractivity contribution is 6.31. The highest BCUT2D eigenvalue weighted by Gasteiger charge is 2.40. The average Bonchev–Trinajstić information content (AvgIpc) is 3.60. The lowest BCUT2D eigenvalue weighted by Gasteiger charge is -2.14. The van der Waals surface area contributed by atoms with E-state index in [4.69, 9.17) is 28.3 Å². The second-order valence-corrected chi connectivity index (χ2v) is 10.5. The Morgan fingerprint density at radius 2 is 1.38 bits per heavy atom. The third-order valence-corrected chi connectivity index (χ3v) is 7.90. The van der Waals surface area contributed by atoms with Gasteiger partial charge in [0.25, 0.3) is 0 Å². The van der Waals surface area contributed by atoms with Crippen LogP contribution in [0.1, 0.15) is 17.0 Å². The van der Waals surface area contributed by atoms with Gasteiger partial charge in [0, 0.05) is 33.9 Å². The highest BCUT2D eigenvalue weighted by atomic mass is 35.5. The van der Waals surface area contributed by atoms with Gasteiger partial charge in [0.15, 0.2) is 0 Å². The lowest BCUT2D eigenvalue weighted by Crippen LogP contribution is -2.24. The summed E-state index contributed by atoms with van der Waals surface area (Å²) in [7, 11) is 1.83. The number of carbonyl (C=O) groups excluding carboxylic acids is 1. The molecule has 1 unspecified atom stereocenters. The van der Waals surface area contributed by atoms with E-state index in [0.29, 0.717) is 10.0 Å². The van der Waals surface area contributed by atoms with Crippen LogP contribution in [0.2, 0.25) is 10.0 Å². The number of anilines is 1. The van der Waals surface area contributed by atoms with Crippen molar-refractivity contribution < 1.29 is 4.79 Å². The zero-order valence-electron chi connectivity index (χ0n) is 20.9. The van der Waals surface area contributed by atoms with Crippen molar-refractivity contribution >= 4 is 45.8 Å². The number of para-hydroxylation sites is 2. The maximum atomic E-state index is 14.0. The standard InChI is InChI=1S/C32H22Cl2N4O/c1-37-25-10-6-5-9-24(25)26(32(37)39)27-28-30(20-13-17-22(34)18-14-20)36-38(23-7-3-2-4-8-23)31(28)35-29(27)19-11-15-21(33)16-12-19/h2-18,26,35H,1H3. The summed E-state index contributed by atoms with van der Waals surface area (Å²) in [6.45, 7) is 0. The van der Waals surface area contributed by atoms with Crippen molar-refractivity contribution in [3.05, 3.63) is 124 Å². The number of rotatable bonds is 4. The fourth-order valence-electron chi connectivity index (χ4n) is 5.56. The Kier molecular flexibility index (Phi) is 5.58. The van der Waals surface area contributed by atoms with Gasteiger partial charge in [0.05, 0.1) is 22.7 Å². The number of hydrogen-bond acceptors (Lipinski definition) is 2. The molecule has 2 aromatic heterocycles. The summed E-state index contributed by atoms with van der Waals surface area (Å²) in [5.41, 5.74) is 7.98. The summed E-state index contributed by atoms with van der Waals surface area (Å²) in [6.07, 6.45) is 0. The number of aromatic nitrogens is 3. The van der Waals surface area contributed by atoms with Crippen LogP contribution < -0.4 is 4.90 Å². The molecule has 190 valence electrons. The second kappa shape index (κ2) is 9.16. The molecule has 1 amide bonds. The molecule has 1 aliphatic heterocycles. The van der Waals surface area contributed by atoms with Gasteiger partial charge in [-0.05, 0) is 53.6 Å². The Morgan fingerprint density at radius 1 is 0.769 bits per heavy atom. The van der Waals surface area contributed by atoms with Gasteiger partial charge in [-0.3, -0.25) is 4.79 Å². The van der Waals surface area contributed by atoms with Crippen molar-refractivity contribution in [3.63, 3.8) is 0 Å². The Morgan fingerprint density at radius 3 is 2.08 bits per heavy atom.